The first kappa shape index (κ1) is 12.8. The average molecular weight is 204 g/mol. The van der Waals surface area contributed by atoms with E-state index in [1.165, 1.54) is 0 Å². The summed E-state index contributed by atoms with van der Waals surface area (Å²) in [6.07, 6.45) is 6.30. The monoisotopic (exact) mass is 204 g/mol. The molecule has 0 radical (unpaired) electrons. The summed E-state index contributed by atoms with van der Waals surface area (Å²) >= 11 is 0. The molecule has 0 aromatic rings. The quantitative estimate of drug-likeness (QED) is 0.470. The van der Waals surface area contributed by atoms with Gasteiger partial charge in [-0.15, -0.1) is 0 Å². The molecular formula is C9H20O3Si. The van der Waals surface area contributed by atoms with E-state index in [9.17, 15) is 0 Å². The van der Waals surface area contributed by atoms with Gasteiger partial charge < -0.3 is 13.3 Å². The lowest BCUT2D eigenvalue weighted by Gasteiger charge is -2.23. The van der Waals surface area contributed by atoms with E-state index < -0.39 is 8.80 Å². The van der Waals surface area contributed by atoms with Crippen molar-refractivity contribution in [2.45, 2.75) is 25.8 Å². The number of allylic oxidation sites excluding steroid dienone is 2. The van der Waals surface area contributed by atoms with E-state index in [4.69, 9.17) is 13.3 Å². The molecule has 13 heavy (non-hydrogen) atoms. The van der Waals surface area contributed by atoms with Crippen LogP contribution >= 0.6 is 0 Å². The molecule has 0 bridgehead atoms. The summed E-state index contributed by atoms with van der Waals surface area (Å²) in [4.78, 5) is 0. The van der Waals surface area contributed by atoms with E-state index in [-0.39, 0.29) is 0 Å². The van der Waals surface area contributed by atoms with Gasteiger partial charge in [0, 0.05) is 27.4 Å². The Labute approximate surface area is 82.1 Å². The van der Waals surface area contributed by atoms with Gasteiger partial charge in [0.25, 0.3) is 0 Å². The Kier molecular flexibility index (Phi) is 7.17. The van der Waals surface area contributed by atoms with Gasteiger partial charge in [0.15, 0.2) is 0 Å². The van der Waals surface area contributed by atoms with E-state index >= 15 is 0 Å². The van der Waals surface area contributed by atoms with Crippen LogP contribution in [0.4, 0.5) is 0 Å². The Morgan fingerprint density at radius 1 is 1.00 bits per heavy atom. The fourth-order valence-electron chi connectivity index (χ4n) is 1.10. The zero-order valence-corrected chi connectivity index (χ0v) is 10.0. The molecule has 0 saturated heterocycles. The fourth-order valence-corrected chi connectivity index (χ4v) is 2.73. The maximum atomic E-state index is 5.28. The van der Waals surface area contributed by atoms with Crippen LogP contribution in [0.5, 0.6) is 0 Å². The van der Waals surface area contributed by atoms with Crippen molar-refractivity contribution in [3.8, 4) is 0 Å². The van der Waals surface area contributed by atoms with Gasteiger partial charge in [0.05, 0.1) is 0 Å². The molecule has 0 rings (SSSR count). The Morgan fingerprint density at radius 2 is 1.54 bits per heavy atom. The molecule has 78 valence electrons. The van der Waals surface area contributed by atoms with Gasteiger partial charge in [-0.1, -0.05) is 19.1 Å². The zero-order chi connectivity index (χ0) is 10.2. The summed E-state index contributed by atoms with van der Waals surface area (Å²) in [5.74, 6) is 0. The van der Waals surface area contributed by atoms with Crippen LogP contribution in [0, 0.1) is 0 Å². The summed E-state index contributed by atoms with van der Waals surface area (Å²) in [5.41, 5.74) is 0. The summed E-state index contributed by atoms with van der Waals surface area (Å²) in [5, 5.41) is 0. The summed E-state index contributed by atoms with van der Waals surface area (Å²) < 4.78 is 15.8. The maximum absolute atomic E-state index is 5.28. The topological polar surface area (TPSA) is 27.7 Å². The second-order valence-corrected chi connectivity index (χ2v) is 5.80. The van der Waals surface area contributed by atoms with Crippen molar-refractivity contribution in [1.82, 2.24) is 0 Å². The lowest BCUT2D eigenvalue weighted by Crippen LogP contribution is -2.42. The van der Waals surface area contributed by atoms with Crippen LogP contribution in [0.1, 0.15) is 19.8 Å². The van der Waals surface area contributed by atoms with Crippen LogP contribution < -0.4 is 0 Å². The summed E-state index contributed by atoms with van der Waals surface area (Å²) in [6, 6.07) is 0.840. The van der Waals surface area contributed by atoms with E-state index in [1.807, 2.05) is 0 Å². The molecule has 0 aliphatic heterocycles. The molecule has 3 nitrogen and oxygen atoms in total. The molecule has 0 unspecified atom stereocenters. The third-order valence-corrected chi connectivity index (χ3v) is 4.72. The average Bonchev–Trinajstić information content (AvgIpc) is 2.20. The first-order valence-corrected chi connectivity index (χ1v) is 6.48. The van der Waals surface area contributed by atoms with Crippen molar-refractivity contribution in [3.05, 3.63) is 12.2 Å². The Morgan fingerprint density at radius 3 is 1.92 bits per heavy atom. The minimum absolute atomic E-state index is 0.840. The predicted octanol–water partition coefficient (Wildman–Crippen LogP) is 2.22. The van der Waals surface area contributed by atoms with E-state index in [0.717, 1.165) is 18.9 Å². The van der Waals surface area contributed by atoms with Crippen molar-refractivity contribution < 1.29 is 13.3 Å². The summed E-state index contributed by atoms with van der Waals surface area (Å²) in [6.45, 7) is 2.12. The fraction of sp³-hybridized carbons (Fsp3) is 0.778. The van der Waals surface area contributed by atoms with E-state index in [0.29, 0.717) is 0 Å². The lowest BCUT2D eigenvalue weighted by molar-refractivity contribution is 0.124. The van der Waals surface area contributed by atoms with Crippen molar-refractivity contribution in [2.75, 3.05) is 21.3 Å². The molecule has 0 heterocycles. The minimum atomic E-state index is -2.32. The Balaban J connectivity index is 3.88. The number of hydrogen-bond donors (Lipinski definition) is 0. The van der Waals surface area contributed by atoms with Crippen LogP contribution in [0.2, 0.25) is 6.04 Å². The molecule has 0 amide bonds. The highest BCUT2D eigenvalue weighted by Gasteiger charge is 2.36. The van der Waals surface area contributed by atoms with Gasteiger partial charge in [-0.2, -0.15) is 0 Å². The number of rotatable bonds is 7. The highest BCUT2D eigenvalue weighted by atomic mass is 28.4. The molecule has 0 saturated carbocycles. The SMILES string of the molecule is CCC=CCC[Si](OC)(OC)OC. The molecule has 0 fully saturated rings. The second-order valence-electron chi connectivity index (χ2n) is 2.71. The molecule has 0 aliphatic carbocycles. The summed E-state index contributed by atoms with van der Waals surface area (Å²) in [7, 11) is 2.61. The molecule has 0 spiro atoms. The Hall–Kier alpha value is -0.163. The molecule has 0 atom stereocenters. The molecule has 0 aromatic carbocycles. The second kappa shape index (κ2) is 7.26. The number of hydrogen-bond acceptors (Lipinski definition) is 3. The first-order chi connectivity index (χ1) is 6.24. The third kappa shape index (κ3) is 4.57. The maximum Gasteiger partial charge on any atom is 0.500 e. The van der Waals surface area contributed by atoms with E-state index in [2.05, 4.69) is 19.1 Å². The van der Waals surface area contributed by atoms with Gasteiger partial charge in [-0.25, -0.2) is 0 Å². The predicted molar refractivity (Wildman–Crippen MR) is 55.6 cm³/mol. The van der Waals surface area contributed by atoms with Crippen LogP contribution in [0.15, 0.2) is 12.2 Å². The highest BCUT2D eigenvalue weighted by Crippen LogP contribution is 2.15. The van der Waals surface area contributed by atoms with Crippen molar-refractivity contribution >= 4 is 8.80 Å². The highest BCUT2D eigenvalue weighted by molar-refractivity contribution is 6.60. The van der Waals surface area contributed by atoms with Gasteiger partial charge in [0.2, 0.25) is 0 Å². The minimum Gasteiger partial charge on any atom is -0.377 e. The van der Waals surface area contributed by atoms with Gasteiger partial charge in [0.1, 0.15) is 0 Å². The van der Waals surface area contributed by atoms with Crippen molar-refractivity contribution in [2.24, 2.45) is 0 Å². The van der Waals surface area contributed by atoms with Gasteiger partial charge >= 0.3 is 8.80 Å². The van der Waals surface area contributed by atoms with E-state index in [1.54, 1.807) is 21.3 Å². The third-order valence-electron chi connectivity index (χ3n) is 1.95. The van der Waals surface area contributed by atoms with Crippen LogP contribution in [-0.4, -0.2) is 30.1 Å². The lowest BCUT2D eigenvalue weighted by atomic mass is 10.4. The Bertz CT molecular complexity index is 136. The largest absolute Gasteiger partial charge is 0.500 e. The zero-order valence-electron chi connectivity index (χ0n) is 9.00. The van der Waals surface area contributed by atoms with Crippen LogP contribution in [0.3, 0.4) is 0 Å². The molecular weight excluding hydrogens is 184 g/mol. The standard InChI is InChI=1S/C9H20O3Si/c1-5-6-7-8-9-13(10-2,11-3)12-4/h6-7H,5,8-9H2,1-4H3. The smallest absolute Gasteiger partial charge is 0.377 e. The first-order valence-electron chi connectivity index (χ1n) is 4.55. The molecule has 0 N–H and O–H groups in total. The van der Waals surface area contributed by atoms with Crippen LogP contribution in [-0.2, 0) is 13.3 Å². The van der Waals surface area contributed by atoms with Crippen molar-refractivity contribution in [3.63, 3.8) is 0 Å². The van der Waals surface area contributed by atoms with Crippen molar-refractivity contribution in [1.29, 1.82) is 0 Å². The normalized spacial score (nSPS) is 12.6. The van der Waals surface area contributed by atoms with Gasteiger partial charge in [-0.05, 0) is 12.8 Å². The van der Waals surface area contributed by atoms with Crippen LogP contribution in [0.25, 0.3) is 0 Å². The molecule has 4 heteroatoms. The van der Waals surface area contributed by atoms with Gasteiger partial charge in [-0.3, -0.25) is 0 Å². The molecule has 0 aromatic heterocycles. The molecule has 0 aliphatic rings.